The SMILES string of the molecule is COc1ccc(NC(=O)NC(=O)CN2c3ccccc3CC[C@@H]2C)cc1. The van der Waals surface area contributed by atoms with Gasteiger partial charge in [0.15, 0.2) is 0 Å². The Kier molecular flexibility index (Phi) is 5.41. The molecule has 0 saturated heterocycles. The largest absolute Gasteiger partial charge is 0.497 e. The summed E-state index contributed by atoms with van der Waals surface area (Å²) in [5.41, 5.74) is 2.89. The van der Waals surface area contributed by atoms with Crippen LogP contribution in [0.5, 0.6) is 5.75 Å². The third kappa shape index (κ3) is 4.14. The second-order valence-corrected chi connectivity index (χ2v) is 6.38. The molecule has 1 atom stereocenters. The summed E-state index contributed by atoms with van der Waals surface area (Å²) in [5, 5.41) is 5.04. The first kappa shape index (κ1) is 17.8. The van der Waals surface area contributed by atoms with Crippen LogP contribution in [0.2, 0.25) is 0 Å². The number of fused-ring (bicyclic) bond motifs is 1. The highest BCUT2D eigenvalue weighted by Crippen LogP contribution is 2.29. The fourth-order valence-electron chi connectivity index (χ4n) is 3.16. The van der Waals surface area contributed by atoms with Crippen molar-refractivity contribution in [3.05, 3.63) is 54.1 Å². The highest BCUT2D eigenvalue weighted by Gasteiger charge is 2.25. The minimum absolute atomic E-state index is 0.147. The topological polar surface area (TPSA) is 70.7 Å². The quantitative estimate of drug-likeness (QED) is 0.886. The number of nitrogens with zero attached hydrogens (tertiary/aromatic N) is 1. The highest BCUT2D eigenvalue weighted by molar-refractivity contribution is 6.02. The van der Waals surface area contributed by atoms with E-state index in [4.69, 9.17) is 4.74 Å². The van der Waals surface area contributed by atoms with Gasteiger partial charge in [-0.05, 0) is 55.7 Å². The van der Waals surface area contributed by atoms with Crippen LogP contribution in [-0.2, 0) is 11.2 Å². The molecule has 0 radical (unpaired) electrons. The van der Waals surface area contributed by atoms with Gasteiger partial charge in [0, 0.05) is 17.4 Å². The molecule has 1 aliphatic rings. The number of aryl methyl sites for hydroxylation is 1. The van der Waals surface area contributed by atoms with Gasteiger partial charge in [-0.25, -0.2) is 4.79 Å². The predicted molar refractivity (Wildman–Crippen MR) is 102 cm³/mol. The van der Waals surface area contributed by atoms with Gasteiger partial charge in [-0.1, -0.05) is 18.2 Å². The zero-order valence-electron chi connectivity index (χ0n) is 15.0. The molecule has 0 spiro atoms. The monoisotopic (exact) mass is 353 g/mol. The lowest BCUT2D eigenvalue weighted by Gasteiger charge is -2.36. The number of benzene rings is 2. The van der Waals surface area contributed by atoms with E-state index in [9.17, 15) is 9.59 Å². The maximum absolute atomic E-state index is 12.3. The van der Waals surface area contributed by atoms with E-state index < -0.39 is 6.03 Å². The first-order chi connectivity index (χ1) is 12.6. The van der Waals surface area contributed by atoms with E-state index in [1.807, 2.05) is 18.2 Å². The molecule has 2 aromatic rings. The van der Waals surface area contributed by atoms with Crippen LogP contribution in [0, 0.1) is 0 Å². The van der Waals surface area contributed by atoms with Crippen molar-refractivity contribution in [2.75, 3.05) is 23.9 Å². The Hall–Kier alpha value is -3.02. The molecule has 3 amide bonds. The number of urea groups is 1. The van der Waals surface area contributed by atoms with Crippen LogP contribution in [0.25, 0.3) is 0 Å². The van der Waals surface area contributed by atoms with Crippen LogP contribution in [-0.4, -0.2) is 31.6 Å². The second-order valence-electron chi connectivity index (χ2n) is 6.38. The number of anilines is 2. The molecule has 2 aromatic carbocycles. The minimum atomic E-state index is -0.543. The van der Waals surface area contributed by atoms with Gasteiger partial charge in [0.1, 0.15) is 5.75 Å². The van der Waals surface area contributed by atoms with Crippen molar-refractivity contribution >= 4 is 23.3 Å². The van der Waals surface area contributed by atoms with E-state index in [1.54, 1.807) is 31.4 Å². The van der Waals surface area contributed by atoms with E-state index in [-0.39, 0.29) is 18.5 Å². The number of ether oxygens (including phenoxy) is 1. The number of imide groups is 1. The summed E-state index contributed by atoms with van der Waals surface area (Å²) >= 11 is 0. The standard InChI is InChI=1S/C20H23N3O3/c1-14-7-8-15-5-3-4-6-18(15)23(14)13-19(24)22-20(25)21-16-9-11-17(26-2)12-10-16/h3-6,9-12,14H,7-8,13H2,1-2H3,(H2,21,22,24,25)/t14-/m0/s1. The number of hydrogen-bond acceptors (Lipinski definition) is 4. The maximum Gasteiger partial charge on any atom is 0.325 e. The van der Waals surface area contributed by atoms with E-state index in [0.29, 0.717) is 11.4 Å². The Labute approximate surface area is 153 Å². The van der Waals surface area contributed by atoms with Gasteiger partial charge in [-0.2, -0.15) is 0 Å². The van der Waals surface area contributed by atoms with E-state index in [0.717, 1.165) is 18.5 Å². The zero-order valence-corrected chi connectivity index (χ0v) is 15.0. The van der Waals surface area contributed by atoms with Crippen LogP contribution in [0.3, 0.4) is 0 Å². The van der Waals surface area contributed by atoms with Gasteiger partial charge in [0.25, 0.3) is 0 Å². The molecule has 0 unspecified atom stereocenters. The smallest absolute Gasteiger partial charge is 0.325 e. The summed E-state index contributed by atoms with van der Waals surface area (Å²) in [5.74, 6) is 0.365. The van der Waals surface area contributed by atoms with Gasteiger partial charge in [-0.15, -0.1) is 0 Å². The molecule has 0 saturated carbocycles. The van der Waals surface area contributed by atoms with Gasteiger partial charge in [-0.3, -0.25) is 10.1 Å². The fraction of sp³-hybridized carbons (Fsp3) is 0.300. The van der Waals surface area contributed by atoms with Crippen molar-refractivity contribution < 1.29 is 14.3 Å². The molecule has 26 heavy (non-hydrogen) atoms. The lowest BCUT2D eigenvalue weighted by Crippen LogP contribution is -2.46. The number of carbonyl (C=O) groups excluding carboxylic acids is 2. The van der Waals surface area contributed by atoms with Crippen molar-refractivity contribution in [1.29, 1.82) is 0 Å². The predicted octanol–water partition coefficient (Wildman–Crippen LogP) is 3.18. The molecule has 0 aromatic heterocycles. The van der Waals surface area contributed by atoms with Crippen molar-refractivity contribution in [3.8, 4) is 5.75 Å². The Morgan fingerprint density at radius 1 is 1.15 bits per heavy atom. The number of hydrogen-bond donors (Lipinski definition) is 2. The van der Waals surface area contributed by atoms with Crippen LogP contribution >= 0.6 is 0 Å². The number of rotatable bonds is 4. The lowest BCUT2D eigenvalue weighted by molar-refractivity contribution is -0.118. The van der Waals surface area contributed by atoms with Crippen LogP contribution in [0.1, 0.15) is 18.9 Å². The number of amides is 3. The zero-order chi connectivity index (χ0) is 18.5. The normalized spacial score (nSPS) is 15.8. The number of para-hydroxylation sites is 1. The molecular formula is C20H23N3O3. The second kappa shape index (κ2) is 7.91. The number of methoxy groups -OCH3 is 1. The summed E-state index contributed by atoms with van der Waals surface area (Å²) in [4.78, 5) is 26.4. The first-order valence-electron chi connectivity index (χ1n) is 8.66. The van der Waals surface area contributed by atoms with Gasteiger partial charge in [0.05, 0.1) is 13.7 Å². The van der Waals surface area contributed by atoms with E-state index >= 15 is 0 Å². The Bertz CT molecular complexity index is 789. The average molecular weight is 353 g/mol. The van der Waals surface area contributed by atoms with Crippen molar-refractivity contribution in [2.24, 2.45) is 0 Å². The van der Waals surface area contributed by atoms with E-state index in [1.165, 1.54) is 5.56 Å². The van der Waals surface area contributed by atoms with Crippen molar-refractivity contribution in [2.45, 2.75) is 25.8 Å². The fourth-order valence-corrected chi connectivity index (χ4v) is 3.16. The molecule has 136 valence electrons. The van der Waals surface area contributed by atoms with Crippen molar-refractivity contribution in [3.63, 3.8) is 0 Å². The molecule has 6 nitrogen and oxygen atoms in total. The highest BCUT2D eigenvalue weighted by atomic mass is 16.5. The first-order valence-corrected chi connectivity index (χ1v) is 8.66. The molecular weight excluding hydrogens is 330 g/mol. The van der Waals surface area contributed by atoms with Gasteiger partial charge < -0.3 is 15.0 Å². The summed E-state index contributed by atoms with van der Waals surface area (Å²) in [6.07, 6.45) is 2.00. The Balaban J connectivity index is 1.59. The van der Waals surface area contributed by atoms with Crippen LogP contribution in [0.4, 0.5) is 16.2 Å². The molecule has 0 bridgehead atoms. The molecule has 1 heterocycles. The lowest BCUT2D eigenvalue weighted by atomic mass is 9.97. The van der Waals surface area contributed by atoms with Gasteiger partial charge in [0.2, 0.25) is 5.91 Å². The maximum atomic E-state index is 12.3. The third-order valence-electron chi connectivity index (χ3n) is 4.58. The summed E-state index contributed by atoms with van der Waals surface area (Å²) < 4.78 is 5.07. The molecule has 0 fully saturated rings. The molecule has 3 rings (SSSR count). The summed E-state index contributed by atoms with van der Waals surface area (Å²) in [7, 11) is 1.58. The minimum Gasteiger partial charge on any atom is -0.497 e. The molecule has 0 aliphatic carbocycles. The van der Waals surface area contributed by atoms with Crippen LogP contribution < -0.4 is 20.3 Å². The Morgan fingerprint density at radius 3 is 2.62 bits per heavy atom. The average Bonchev–Trinajstić information content (AvgIpc) is 2.64. The van der Waals surface area contributed by atoms with Crippen LogP contribution in [0.15, 0.2) is 48.5 Å². The summed E-state index contributed by atoms with van der Waals surface area (Å²) in [6.45, 7) is 2.24. The number of nitrogens with one attached hydrogen (secondary N) is 2. The van der Waals surface area contributed by atoms with Crippen molar-refractivity contribution in [1.82, 2.24) is 5.32 Å². The third-order valence-corrected chi connectivity index (χ3v) is 4.58. The molecule has 2 N–H and O–H groups in total. The van der Waals surface area contributed by atoms with E-state index in [2.05, 4.69) is 28.5 Å². The summed E-state index contributed by atoms with van der Waals surface area (Å²) in [6, 6.07) is 14.7. The Morgan fingerprint density at radius 2 is 1.88 bits per heavy atom. The molecule has 6 heteroatoms. The molecule has 1 aliphatic heterocycles. The number of carbonyl (C=O) groups is 2. The van der Waals surface area contributed by atoms with Gasteiger partial charge >= 0.3 is 6.03 Å².